The lowest BCUT2D eigenvalue weighted by Crippen LogP contribution is -2.48. The Balaban J connectivity index is 2.20. The number of aryl methyl sites for hydroxylation is 2. The molecule has 2 aromatic carbocycles. The first-order valence-electron chi connectivity index (χ1n) is 9.09. The largest absolute Gasteiger partial charge is 0.355 e. The third kappa shape index (κ3) is 5.45. The van der Waals surface area contributed by atoms with Crippen molar-refractivity contribution in [1.82, 2.24) is 10.2 Å². The maximum absolute atomic E-state index is 13.0. The molecule has 1 atom stereocenters. The van der Waals surface area contributed by atoms with Crippen LogP contribution in [0.3, 0.4) is 0 Å². The molecule has 0 bridgehead atoms. The number of nitrogens with one attached hydrogen (secondary N) is 1. The number of likely N-dealkylation sites (N-methyl/N-ethyl adjacent to an activating group) is 1. The Bertz CT molecular complexity index is 736. The van der Waals surface area contributed by atoms with Gasteiger partial charge in [-0.3, -0.25) is 9.59 Å². The Labute approximate surface area is 156 Å². The molecule has 26 heavy (non-hydrogen) atoms. The second kappa shape index (κ2) is 9.18. The van der Waals surface area contributed by atoms with Gasteiger partial charge in [-0.15, -0.1) is 0 Å². The molecule has 0 aliphatic heterocycles. The number of carbonyl (C=O) groups is 2. The average Bonchev–Trinajstić information content (AvgIpc) is 2.62. The molecule has 2 amide bonds. The lowest BCUT2D eigenvalue weighted by molar-refractivity contribution is -0.140. The Morgan fingerprint density at radius 2 is 1.42 bits per heavy atom. The summed E-state index contributed by atoms with van der Waals surface area (Å²) in [5, 5.41) is 2.81. The lowest BCUT2D eigenvalue weighted by Gasteiger charge is -2.29. The van der Waals surface area contributed by atoms with Gasteiger partial charge < -0.3 is 10.2 Å². The van der Waals surface area contributed by atoms with E-state index in [9.17, 15) is 9.59 Å². The molecule has 0 aliphatic carbocycles. The summed E-state index contributed by atoms with van der Waals surface area (Å²) in [4.78, 5) is 27.0. The maximum atomic E-state index is 13.0. The zero-order chi connectivity index (χ0) is 19.1. The molecule has 0 saturated heterocycles. The van der Waals surface area contributed by atoms with Crippen molar-refractivity contribution in [2.75, 3.05) is 6.54 Å². The summed E-state index contributed by atoms with van der Waals surface area (Å²) in [7, 11) is 0. The predicted molar refractivity (Wildman–Crippen MR) is 105 cm³/mol. The van der Waals surface area contributed by atoms with Crippen molar-refractivity contribution in [1.29, 1.82) is 0 Å². The SMILES string of the molecule is CCNC(=O)[C@@H](C)N(Cc1ccc(C)cc1)C(=O)Cc1ccc(C)cc1. The Kier molecular flexibility index (Phi) is 6.96. The van der Waals surface area contributed by atoms with Crippen LogP contribution in [0.2, 0.25) is 0 Å². The fourth-order valence-electron chi connectivity index (χ4n) is 2.78. The van der Waals surface area contributed by atoms with Gasteiger partial charge in [-0.1, -0.05) is 59.7 Å². The maximum Gasteiger partial charge on any atom is 0.242 e. The first-order chi connectivity index (χ1) is 12.4. The average molecular weight is 352 g/mol. The molecule has 0 fully saturated rings. The third-order valence-corrected chi connectivity index (χ3v) is 4.47. The molecule has 0 radical (unpaired) electrons. The summed E-state index contributed by atoms with van der Waals surface area (Å²) >= 11 is 0. The van der Waals surface area contributed by atoms with E-state index in [1.165, 1.54) is 5.56 Å². The summed E-state index contributed by atoms with van der Waals surface area (Å²) < 4.78 is 0. The van der Waals surface area contributed by atoms with E-state index >= 15 is 0 Å². The highest BCUT2D eigenvalue weighted by atomic mass is 16.2. The lowest BCUT2D eigenvalue weighted by atomic mass is 10.1. The van der Waals surface area contributed by atoms with Crippen molar-refractivity contribution in [3.63, 3.8) is 0 Å². The molecule has 0 aliphatic rings. The van der Waals surface area contributed by atoms with Gasteiger partial charge in [0.1, 0.15) is 6.04 Å². The van der Waals surface area contributed by atoms with Gasteiger partial charge in [0.25, 0.3) is 0 Å². The van der Waals surface area contributed by atoms with Crippen LogP contribution in [-0.2, 0) is 22.6 Å². The second-order valence-electron chi connectivity index (χ2n) is 6.74. The van der Waals surface area contributed by atoms with Crippen LogP contribution in [0.25, 0.3) is 0 Å². The minimum absolute atomic E-state index is 0.0480. The van der Waals surface area contributed by atoms with Crippen LogP contribution in [0, 0.1) is 13.8 Å². The molecular formula is C22H28N2O2. The number of carbonyl (C=O) groups excluding carboxylic acids is 2. The minimum atomic E-state index is -0.519. The van der Waals surface area contributed by atoms with Gasteiger partial charge in [0.2, 0.25) is 11.8 Å². The second-order valence-corrected chi connectivity index (χ2v) is 6.74. The molecule has 2 aromatic rings. The number of rotatable bonds is 7. The number of benzene rings is 2. The standard InChI is InChI=1S/C22H28N2O2/c1-5-23-22(26)18(4)24(15-20-12-8-17(3)9-13-20)21(25)14-19-10-6-16(2)7-11-19/h6-13,18H,5,14-15H2,1-4H3,(H,23,26)/t18-/m1/s1. The summed E-state index contributed by atoms with van der Waals surface area (Å²) in [6.45, 7) is 8.68. The molecule has 138 valence electrons. The van der Waals surface area contributed by atoms with Gasteiger partial charge in [-0.2, -0.15) is 0 Å². The van der Waals surface area contributed by atoms with Crippen LogP contribution >= 0.6 is 0 Å². The van der Waals surface area contributed by atoms with Crippen LogP contribution in [0.1, 0.15) is 36.1 Å². The number of hydrogen-bond acceptors (Lipinski definition) is 2. The van der Waals surface area contributed by atoms with Crippen LogP contribution < -0.4 is 5.32 Å². The van der Waals surface area contributed by atoms with Gasteiger partial charge in [0, 0.05) is 13.1 Å². The van der Waals surface area contributed by atoms with Crippen LogP contribution in [0.4, 0.5) is 0 Å². The normalized spacial score (nSPS) is 11.7. The first kappa shape index (κ1) is 19.7. The predicted octanol–water partition coefficient (Wildman–Crippen LogP) is 3.40. The van der Waals surface area contributed by atoms with Gasteiger partial charge >= 0.3 is 0 Å². The fraction of sp³-hybridized carbons (Fsp3) is 0.364. The molecule has 0 saturated carbocycles. The minimum Gasteiger partial charge on any atom is -0.355 e. The van der Waals surface area contributed by atoms with Gasteiger partial charge in [0.05, 0.1) is 6.42 Å². The monoisotopic (exact) mass is 352 g/mol. The molecule has 0 aromatic heterocycles. The summed E-state index contributed by atoms with van der Waals surface area (Å²) in [5.74, 6) is -0.176. The van der Waals surface area contributed by atoms with E-state index in [1.807, 2.05) is 69.3 Å². The van der Waals surface area contributed by atoms with E-state index < -0.39 is 6.04 Å². The molecule has 1 N–H and O–H groups in total. The van der Waals surface area contributed by atoms with Crippen LogP contribution in [0.15, 0.2) is 48.5 Å². The van der Waals surface area contributed by atoms with Crippen LogP contribution in [-0.4, -0.2) is 29.3 Å². The van der Waals surface area contributed by atoms with E-state index in [1.54, 1.807) is 11.8 Å². The zero-order valence-corrected chi connectivity index (χ0v) is 16.1. The highest BCUT2D eigenvalue weighted by Crippen LogP contribution is 2.14. The van der Waals surface area contributed by atoms with E-state index in [4.69, 9.17) is 0 Å². The molecule has 0 unspecified atom stereocenters. The van der Waals surface area contributed by atoms with Crippen molar-refractivity contribution >= 4 is 11.8 Å². The van der Waals surface area contributed by atoms with Crippen molar-refractivity contribution in [3.05, 3.63) is 70.8 Å². The molecule has 2 rings (SSSR count). The van der Waals surface area contributed by atoms with E-state index in [0.29, 0.717) is 13.1 Å². The van der Waals surface area contributed by atoms with E-state index in [-0.39, 0.29) is 18.2 Å². The van der Waals surface area contributed by atoms with Crippen molar-refractivity contribution in [2.24, 2.45) is 0 Å². The molecule has 4 nitrogen and oxygen atoms in total. The quantitative estimate of drug-likeness (QED) is 0.830. The Morgan fingerprint density at radius 1 is 0.923 bits per heavy atom. The Hall–Kier alpha value is -2.62. The van der Waals surface area contributed by atoms with Gasteiger partial charge in [-0.25, -0.2) is 0 Å². The molecule has 0 spiro atoms. The Morgan fingerprint density at radius 3 is 1.92 bits per heavy atom. The smallest absolute Gasteiger partial charge is 0.242 e. The molecular weight excluding hydrogens is 324 g/mol. The zero-order valence-electron chi connectivity index (χ0n) is 16.1. The van der Waals surface area contributed by atoms with Crippen LogP contribution in [0.5, 0.6) is 0 Å². The number of amides is 2. The molecule has 4 heteroatoms. The molecule has 0 heterocycles. The highest BCUT2D eigenvalue weighted by Gasteiger charge is 2.25. The van der Waals surface area contributed by atoms with Gasteiger partial charge in [0.15, 0.2) is 0 Å². The van der Waals surface area contributed by atoms with Crippen molar-refractivity contribution in [3.8, 4) is 0 Å². The third-order valence-electron chi connectivity index (χ3n) is 4.47. The first-order valence-corrected chi connectivity index (χ1v) is 9.09. The summed E-state index contributed by atoms with van der Waals surface area (Å²) in [6.07, 6.45) is 0.288. The topological polar surface area (TPSA) is 49.4 Å². The van der Waals surface area contributed by atoms with E-state index in [2.05, 4.69) is 5.32 Å². The fourth-order valence-corrected chi connectivity index (χ4v) is 2.78. The number of hydrogen-bond donors (Lipinski definition) is 1. The van der Waals surface area contributed by atoms with Crippen molar-refractivity contribution in [2.45, 2.75) is 46.7 Å². The number of nitrogens with zero attached hydrogens (tertiary/aromatic N) is 1. The highest BCUT2D eigenvalue weighted by molar-refractivity contribution is 5.88. The summed E-state index contributed by atoms with van der Waals surface area (Å²) in [5.41, 5.74) is 4.30. The van der Waals surface area contributed by atoms with Crippen molar-refractivity contribution < 1.29 is 9.59 Å². The van der Waals surface area contributed by atoms with Gasteiger partial charge in [-0.05, 0) is 38.8 Å². The van der Waals surface area contributed by atoms with E-state index in [0.717, 1.165) is 16.7 Å². The summed E-state index contributed by atoms with van der Waals surface area (Å²) in [6, 6.07) is 15.5.